The molecule has 0 aliphatic carbocycles. The second kappa shape index (κ2) is 4.51. The van der Waals surface area contributed by atoms with Crippen LogP contribution in [0.1, 0.15) is 31.9 Å². The predicted molar refractivity (Wildman–Crippen MR) is 50.8 cm³/mol. The monoisotopic (exact) mass is 200 g/mol. The Balaban J connectivity index is 2.99. The largest absolute Gasteiger partial charge is 0.388 e. The van der Waals surface area contributed by atoms with Gasteiger partial charge in [0.25, 0.3) is 0 Å². The second-order valence-corrected chi connectivity index (χ2v) is 3.50. The van der Waals surface area contributed by atoms with Gasteiger partial charge < -0.3 is 5.11 Å². The molecular weight excluding hydrogens is 186 g/mol. The van der Waals surface area contributed by atoms with Gasteiger partial charge in [-0.3, -0.25) is 0 Å². The topological polar surface area (TPSA) is 20.2 Å². The normalized spacial score (nSPS) is 15.2. The molecule has 0 amide bonds. The summed E-state index contributed by atoms with van der Waals surface area (Å²) in [5, 5.41) is 9.69. The highest BCUT2D eigenvalue weighted by molar-refractivity contribution is 5.21. The summed E-state index contributed by atoms with van der Waals surface area (Å²) in [6.07, 6.45) is -0.215. The number of hydrogen-bond donors (Lipinski definition) is 1. The van der Waals surface area contributed by atoms with Gasteiger partial charge in [-0.1, -0.05) is 20.3 Å². The van der Waals surface area contributed by atoms with Crippen LogP contribution in [0.2, 0.25) is 0 Å². The molecule has 1 nitrogen and oxygen atoms in total. The average Bonchev–Trinajstić information content (AvgIpc) is 2.19. The van der Waals surface area contributed by atoms with Crippen molar-refractivity contribution in [1.29, 1.82) is 0 Å². The lowest BCUT2D eigenvalue weighted by Crippen LogP contribution is -2.10. The van der Waals surface area contributed by atoms with Crippen LogP contribution in [0.4, 0.5) is 8.78 Å². The summed E-state index contributed by atoms with van der Waals surface area (Å²) in [7, 11) is 0. The van der Waals surface area contributed by atoms with Crippen molar-refractivity contribution in [2.75, 3.05) is 0 Å². The molecule has 1 rings (SSSR count). The maximum absolute atomic E-state index is 13.2. The van der Waals surface area contributed by atoms with E-state index in [1.165, 1.54) is 0 Å². The molecule has 0 fully saturated rings. The molecule has 0 aromatic heterocycles. The molecule has 3 heteroatoms. The summed E-state index contributed by atoms with van der Waals surface area (Å²) in [4.78, 5) is 0. The fraction of sp³-hybridized carbons (Fsp3) is 0.455. The molecule has 2 unspecified atom stereocenters. The van der Waals surface area contributed by atoms with Gasteiger partial charge in [0.15, 0.2) is 0 Å². The van der Waals surface area contributed by atoms with Gasteiger partial charge in [0.2, 0.25) is 0 Å². The summed E-state index contributed by atoms with van der Waals surface area (Å²) in [5.41, 5.74) is 0.0411. The number of hydrogen-bond acceptors (Lipinski definition) is 1. The first-order valence-corrected chi connectivity index (χ1v) is 4.69. The van der Waals surface area contributed by atoms with Crippen molar-refractivity contribution in [2.45, 2.75) is 26.4 Å². The standard InChI is InChI=1S/C11H14F2O/c1-3-7(2)11(14)9-6-8(12)4-5-10(9)13/h4-7,11,14H,3H2,1-2H3. The zero-order chi connectivity index (χ0) is 10.7. The molecule has 0 heterocycles. The highest BCUT2D eigenvalue weighted by atomic mass is 19.1. The summed E-state index contributed by atoms with van der Waals surface area (Å²) in [6.45, 7) is 3.69. The van der Waals surface area contributed by atoms with E-state index in [2.05, 4.69) is 0 Å². The van der Waals surface area contributed by atoms with Crippen LogP contribution in [-0.2, 0) is 0 Å². The Labute approximate surface area is 82.4 Å². The summed E-state index contributed by atoms with van der Waals surface area (Å²) >= 11 is 0. The second-order valence-electron chi connectivity index (χ2n) is 3.50. The van der Waals surface area contributed by atoms with Gasteiger partial charge in [-0.15, -0.1) is 0 Å². The molecule has 1 N–H and O–H groups in total. The average molecular weight is 200 g/mol. The van der Waals surface area contributed by atoms with Crippen molar-refractivity contribution >= 4 is 0 Å². The minimum absolute atomic E-state index is 0.0411. The third kappa shape index (κ3) is 2.29. The van der Waals surface area contributed by atoms with Crippen LogP contribution in [0.3, 0.4) is 0 Å². The Bertz CT molecular complexity index is 312. The molecule has 78 valence electrons. The third-order valence-electron chi connectivity index (χ3n) is 2.46. The first-order chi connectivity index (χ1) is 6.56. The molecule has 0 saturated carbocycles. The smallest absolute Gasteiger partial charge is 0.129 e. The molecule has 2 atom stereocenters. The van der Waals surface area contributed by atoms with E-state index < -0.39 is 17.7 Å². The quantitative estimate of drug-likeness (QED) is 0.795. The number of benzene rings is 1. The highest BCUT2D eigenvalue weighted by Gasteiger charge is 2.18. The Morgan fingerprint density at radius 3 is 2.57 bits per heavy atom. The number of aliphatic hydroxyl groups is 1. The molecule has 0 aliphatic rings. The molecule has 0 aliphatic heterocycles. The van der Waals surface area contributed by atoms with E-state index in [9.17, 15) is 13.9 Å². The summed E-state index contributed by atoms with van der Waals surface area (Å²) in [5.74, 6) is -1.16. The lowest BCUT2D eigenvalue weighted by molar-refractivity contribution is 0.111. The Morgan fingerprint density at radius 1 is 1.36 bits per heavy atom. The van der Waals surface area contributed by atoms with E-state index >= 15 is 0 Å². The number of aliphatic hydroxyl groups excluding tert-OH is 1. The van der Waals surface area contributed by atoms with Gasteiger partial charge in [0.05, 0.1) is 6.10 Å². The van der Waals surface area contributed by atoms with Crippen molar-refractivity contribution < 1.29 is 13.9 Å². The van der Waals surface area contributed by atoms with Gasteiger partial charge in [-0.25, -0.2) is 8.78 Å². The lowest BCUT2D eigenvalue weighted by atomic mass is 9.95. The van der Waals surface area contributed by atoms with E-state index in [0.29, 0.717) is 0 Å². The Hall–Kier alpha value is -0.960. The maximum atomic E-state index is 13.2. The van der Waals surface area contributed by atoms with Gasteiger partial charge >= 0.3 is 0 Å². The molecule has 1 aromatic carbocycles. The molecule has 1 aromatic rings. The van der Waals surface area contributed by atoms with Crippen molar-refractivity contribution in [3.8, 4) is 0 Å². The fourth-order valence-corrected chi connectivity index (χ4v) is 1.27. The third-order valence-corrected chi connectivity index (χ3v) is 2.46. The van der Waals surface area contributed by atoms with Gasteiger partial charge in [0, 0.05) is 5.56 Å². The van der Waals surface area contributed by atoms with Crippen molar-refractivity contribution in [2.24, 2.45) is 5.92 Å². The van der Waals surface area contributed by atoms with Crippen molar-refractivity contribution in [3.63, 3.8) is 0 Å². The van der Waals surface area contributed by atoms with Crippen LogP contribution < -0.4 is 0 Å². The van der Waals surface area contributed by atoms with E-state index in [4.69, 9.17) is 0 Å². The van der Waals surface area contributed by atoms with Crippen LogP contribution in [0.25, 0.3) is 0 Å². The number of rotatable bonds is 3. The van der Waals surface area contributed by atoms with E-state index in [0.717, 1.165) is 24.6 Å². The first kappa shape index (κ1) is 11.1. The van der Waals surface area contributed by atoms with Crippen LogP contribution in [-0.4, -0.2) is 5.11 Å². The van der Waals surface area contributed by atoms with Crippen molar-refractivity contribution in [3.05, 3.63) is 35.4 Å². The lowest BCUT2D eigenvalue weighted by Gasteiger charge is -2.17. The SMILES string of the molecule is CCC(C)C(O)c1cc(F)ccc1F. The molecule has 0 bridgehead atoms. The van der Waals surface area contributed by atoms with Gasteiger partial charge in [0.1, 0.15) is 11.6 Å². The summed E-state index contributed by atoms with van der Waals surface area (Å²) < 4.78 is 26.0. The minimum Gasteiger partial charge on any atom is -0.388 e. The van der Waals surface area contributed by atoms with Crippen LogP contribution in [0, 0.1) is 17.6 Å². The predicted octanol–water partition coefficient (Wildman–Crippen LogP) is 3.04. The van der Waals surface area contributed by atoms with Gasteiger partial charge in [-0.05, 0) is 24.1 Å². The van der Waals surface area contributed by atoms with E-state index in [-0.39, 0.29) is 11.5 Å². The molecule has 0 radical (unpaired) electrons. The zero-order valence-electron chi connectivity index (χ0n) is 8.30. The van der Waals surface area contributed by atoms with Crippen LogP contribution in [0.15, 0.2) is 18.2 Å². The molecule has 0 spiro atoms. The van der Waals surface area contributed by atoms with E-state index in [1.807, 2.05) is 6.92 Å². The van der Waals surface area contributed by atoms with Crippen molar-refractivity contribution in [1.82, 2.24) is 0 Å². The highest BCUT2D eigenvalue weighted by Crippen LogP contribution is 2.26. The Kier molecular flexibility index (Phi) is 3.58. The molecule has 14 heavy (non-hydrogen) atoms. The number of halogens is 2. The van der Waals surface area contributed by atoms with E-state index in [1.54, 1.807) is 6.92 Å². The van der Waals surface area contributed by atoms with Crippen LogP contribution in [0.5, 0.6) is 0 Å². The molecular formula is C11H14F2O. The first-order valence-electron chi connectivity index (χ1n) is 4.69. The maximum Gasteiger partial charge on any atom is 0.129 e. The Morgan fingerprint density at radius 2 is 2.00 bits per heavy atom. The fourth-order valence-electron chi connectivity index (χ4n) is 1.27. The zero-order valence-corrected chi connectivity index (χ0v) is 8.30. The van der Waals surface area contributed by atoms with Gasteiger partial charge in [-0.2, -0.15) is 0 Å². The summed E-state index contributed by atoms with van der Waals surface area (Å²) in [6, 6.07) is 3.13. The minimum atomic E-state index is -0.935. The van der Waals surface area contributed by atoms with Crippen LogP contribution >= 0.6 is 0 Å². The molecule has 0 saturated heterocycles.